The first-order valence-corrected chi connectivity index (χ1v) is 6.90. The molecular weight excluding hydrogens is 296 g/mol. The highest BCUT2D eigenvalue weighted by Gasteiger charge is 2.12. The van der Waals surface area contributed by atoms with Crippen LogP contribution in [0.1, 0.15) is 5.69 Å². The summed E-state index contributed by atoms with van der Waals surface area (Å²) < 4.78 is 8.36. The zero-order valence-electron chi connectivity index (χ0n) is 10.0. The summed E-state index contributed by atoms with van der Waals surface area (Å²) in [5.41, 5.74) is 2.24. The maximum atomic E-state index is 5.35. The molecule has 1 fully saturated rings. The van der Waals surface area contributed by atoms with Gasteiger partial charge in [0.2, 0.25) is 0 Å². The van der Waals surface area contributed by atoms with E-state index in [-0.39, 0.29) is 0 Å². The fourth-order valence-electron chi connectivity index (χ4n) is 2.25. The zero-order chi connectivity index (χ0) is 12.4. The van der Waals surface area contributed by atoms with Crippen molar-refractivity contribution in [3.8, 4) is 0 Å². The highest BCUT2D eigenvalue weighted by atomic mass is 79.9. The monoisotopic (exact) mass is 310 g/mol. The molecule has 0 atom stereocenters. The average Bonchev–Trinajstić information content (AvgIpc) is 2.75. The summed E-state index contributed by atoms with van der Waals surface area (Å²) in [6, 6.07) is 2.13. The van der Waals surface area contributed by atoms with Crippen molar-refractivity contribution < 1.29 is 4.74 Å². The molecule has 2 aromatic rings. The number of hydrogen-bond donors (Lipinski definition) is 0. The van der Waals surface area contributed by atoms with Gasteiger partial charge in [0, 0.05) is 36.2 Å². The fourth-order valence-corrected chi connectivity index (χ4v) is 2.79. The first-order chi connectivity index (χ1) is 8.84. The summed E-state index contributed by atoms with van der Waals surface area (Å²) in [4.78, 5) is 6.48. The molecule has 0 N–H and O–H groups in total. The maximum Gasteiger partial charge on any atom is 0.136 e. The van der Waals surface area contributed by atoms with Crippen LogP contribution in [0.3, 0.4) is 0 Å². The Bertz CT molecular complexity index is 536. The van der Waals surface area contributed by atoms with Crippen molar-refractivity contribution in [2.24, 2.45) is 0 Å². The van der Waals surface area contributed by atoms with E-state index in [0.29, 0.717) is 0 Å². The summed E-state index contributed by atoms with van der Waals surface area (Å²) in [6.07, 6.45) is 4.40. The van der Waals surface area contributed by atoms with Crippen LogP contribution in [-0.2, 0) is 11.2 Å². The molecule has 0 amide bonds. The molecule has 5 nitrogen and oxygen atoms in total. The first-order valence-electron chi connectivity index (χ1n) is 6.11. The van der Waals surface area contributed by atoms with Crippen LogP contribution in [0, 0.1) is 0 Å². The highest BCUT2D eigenvalue weighted by Crippen LogP contribution is 2.21. The lowest BCUT2D eigenvalue weighted by molar-refractivity contribution is 0.0383. The van der Waals surface area contributed by atoms with Gasteiger partial charge in [0.1, 0.15) is 6.33 Å². The molecule has 0 unspecified atom stereocenters. The van der Waals surface area contributed by atoms with Gasteiger partial charge in [-0.05, 0) is 22.0 Å². The number of hydrogen-bond acceptors (Lipinski definition) is 4. The number of morpholine rings is 1. The van der Waals surface area contributed by atoms with Gasteiger partial charge in [0.15, 0.2) is 0 Å². The SMILES string of the molecule is Brc1cc(CCN2CCOCC2)n2ncncc12. The Hall–Kier alpha value is -0.980. The Labute approximate surface area is 114 Å². The quantitative estimate of drug-likeness (QED) is 0.858. The van der Waals surface area contributed by atoms with Crippen molar-refractivity contribution in [1.29, 1.82) is 0 Å². The third-order valence-corrected chi connectivity index (χ3v) is 3.89. The lowest BCUT2D eigenvalue weighted by atomic mass is 10.3. The molecule has 6 heteroatoms. The maximum absolute atomic E-state index is 5.35. The molecule has 96 valence electrons. The van der Waals surface area contributed by atoms with Crippen molar-refractivity contribution >= 4 is 21.4 Å². The lowest BCUT2D eigenvalue weighted by Gasteiger charge is -2.26. The molecule has 3 rings (SSSR count). The second-order valence-corrected chi connectivity index (χ2v) is 5.25. The molecule has 2 aromatic heterocycles. The number of ether oxygens (including phenoxy) is 1. The summed E-state index contributed by atoms with van der Waals surface area (Å²) >= 11 is 3.55. The minimum atomic E-state index is 0.848. The summed E-state index contributed by atoms with van der Waals surface area (Å²) in [5, 5.41) is 4.30. The first kappa shape index (κ1) is 12.1. The number of fused-ring (bicyclic) bond motifs is 1. The average molecular weight is 311 g/mol. The lowest BCUT2D eigenvalue weighted by Crippen LogP contribution is -2.37. The Kier molecular flexibility index (Phi) is 3.58. The second-order valence-electron chi connectivity index (χ2n) is 4.39. The Morgan fingerprint density at radius 2 is 2.17 bits per heavy atom. The largest absolute Gasteiger partial charge is 0.379 e. The van der Waals surface area contributed by atoms with Gasteiger partial charge in [-0.2, -0.15) is 5.10 Å². The topological polar surface area (TPSA) is 42.7 Å². The molecule has 1 saturated heterocycles. The molecule has 0 radical (unpaired) electrons. The third kappa shape index (κ3) is 2.41. The van der Waals surface area contributed by atoms with Crippen LogP contribution < -0.4 is 0 Å². The molecular formula is C12H15BrN4O. The van der Waals surface area contributed by atoms with Crippen LogP contribution in [-0.4, -0.2) is 52.3 Å². The van der Waals surface area contributed by atoms with E-state index in [4.69, 9.17) is 4.74 Å². The van der Waals surface area contributed by atoms with Crippen molar-refractivity contribution in [1.82, 2.24) is 19.5 Å². The molecule has 0 aromatic carbocycles. The minimum absolute atomic E-state index is 0.848. The van der Waals surface area contributed by atoms with Crippen LogP contribution in [0.4, 0.5) is 0 Å². The molecule has 0 bridgehead atoms. The van der Waals surface area contributed by atoms with E-state index >= 15 is 0 Å². The van der Waals surface area contributed by atoms with Gasteiger partial charge >= 0.3 is 0 Å². The van der Waals surface area contributed by atoms with Crippen LogP contribution in [0.5, 0.6) is 0 Å². The Balaban J connectivity index is 1.74. The standard InChI is InChI=1S/C12H15BrN4O/c13-11-7-10(17-12(11)8-14-9-15-17)1-2-16-3-5-18-6-4-16/h7-9H,1-6H2. The summed E-state index contributed by atoms with van der Waals surface area (Å²) in [7, 11) is 0. The van der Waals surface area contributed by atoms with E-state index in [1.165, 1.54) is 5.69 Å². The zero-order valence-corrected chi connectivity index (χ0v) is 11.6. The molecule has 0 spiro atoms. The summed E-state index contributed by atoms with van der Waals surface area (Å²) in [6.45, 7) is 4.80. The molecule has 0 saturated carbocycles. The predicted molar refractivity (Wildman–Crippen MR) is 71.7 cm³/mol. The molecule has 3 heterocycles. The Morgan fingerprint density at radius 3 is 3.00 bits per heavy atom. The number of aromatic nitrogens is 3. The van der Waals surface area contributed by atoms with Gasteiger partial charge in [-0.25, -0.2) is 9.50 Å². The van der Waals surface area contributed by atoms with Crippen molar-refractivity contribution in [3.05, 3.63) is 28.8 Å². The van der Waals surface area contributed by atoms with E-state index in [1.807, 2.05) is 10.7 Å². The van der Waals surface area contributed by atoms with Crippen LogP contribution in [0.15, 0.2) is 23.1 Å². The van der Waals surface area contributed by atoms with Gasteiger partial charge < -0.3 is 4.74 Å². The molecule has 0 aliphatic carbocycles. The van der Waals surface area contributed by atoms with E-state index in [9.17, 15) is 0 Å². The van der Waals surface area contributed by atoms with Crippen LogP contribution in [0.2, 0.25) is 0 Å². The van der Waals surface area contributed by atoms with Crippen LogP contribution in [0.25, 0.3) is 5.52 Å². The highest BCUT2D eigenvalue weighted by molar-refractivity contribution is 9.10. The normalized spacial score (nSPS) is 17.4. The van der Waals surface area contributed by atoms with E-state index in [2.05, 4.69) is 37.0 Å². The van der Waals surface area contributed by atoms with E-state index < -0.39 is 0 Å². The van der Waals surface area contributed by atoms with Crippen molar-refractivity contribution in [2.75, 3.05) is 32.8 Å². The summed E-state index contributed by atoms with van der Waals surface area (Å²) in [5.74, 6) is 0. The third-order valence-electron chi connectivity index (χ3n) is 3.26. The minimum Gasteiger partial charge on any atom is -0.379 e. The number of halogens is 1. The van der Waals surface area contributed by atoms with Gasteiger partial charge in [-0.3, -0.25) is 4.90 Å². The van der Waals surface area contributed by atoms with E-state index in [0.717, 1.165) is 49.3 Å². The van der Waals surface area contributed by atoms with E-state index in [1.54, 1.807) is 6.33 Å². The van der Waals surface area contributed by atoms with Gasteiger partial charge in [-0.15, -0.1) is 0 Å². The number of rotatable bonds is 3. The van der Waals surface area contributed by atoms with Crippen molar-refractivity contribution in [2.45, 2.75) is 6.42 Å². The molecule has 18 heavy (non-hydrogen) atoms. The number of nitrogens with zero attached hydrogens (tertiary/aromatic N) is 4. The van der Waals surface area contributed by atoms with Crippen LogP contribution >= 0.6 is 15.9 Å². The Morgan fingerprint density at radius 1 is 1.33 bits per heavy atom. The molecule has 1 aliphatic heterocycles. The van der Waals surface area contributed by atoms with Gasteiger partial charge in [0.05, 0.1) is 24.9 Å². The fraction of sp³-hybridized carbons (Fsp3) is 0.500. The molecule has 1 aliphatic rings. The van der Waals surface area contributed by atoms with Crippen molar-refractivity contribution in [3.63, 3.8) is 0 Å². The van der Waals surface area contributed by atoms with Gasteiger partial charge in [-0.1, -0.05) is 0 Å². The van der Waals surface area contributed by atoms with Gasteiger partial charge in [0.25, 0.3) is 0 Å². The second kappa shape index (κ2) is 5.34. The smallest absolute Gasteiger partial charge is 0.136 e. The predicted octanol–water partition coefficient (Wildman–Crippen LogP) is 1.37.